The van der Waals surface area contributed by atoms with Gasteiger partial charge in [0.1, 0.15) is 22.3 Å². The molecule has 0 aliphatic rings. The van der Waals surface area contributed by atoms with E-state index < -0.39 is 17.6 Å². The summed E-state index contributed by atoms with van der Waals surface area (Å²) in [6.07, 6.45) is -4.64. The monoisotopic (exact) mass is 531 g/mol. The molecule has 0 bridgehead atoms. The van der Waals surface area contributed by atoms with E-state index in [2.05, 4.69) is 15.0 Å². The number of carboxylic acid groups (broad SMARTS) is 1. The van der Waals surface area contributed by atoms with Gasteiger partial charge in [-0.3, -0.25) is 9.59 Å². The molecule has 0 aliphatic carbocycles. The summed E-state index contributed by atoms with van der Waals surface area (Å²) in [6.45, 7) is 0.0577. The smallest absolute Gasteiger partial charge is 0.497 e. The van der Waals surface area contributed by atoms with Gasteiger partial charge < -0.3 is 14.6 Å². The molecule has 4 rings (SSSR count). The summed E-state index contributed by atoms with van der Waals surface area (Å²) in [6, 6.07) is 17.2. The van der Waals surface area contributed by atoms with Crippen molar-refractivity contribution in [3.05, 3.63) is 77.1 Å². The molecule has 37 heavy (non-hydrogen) atoms. The number of aliphatic carboxylic acids is 1. The standard InChI is InChI=1S/C25H20F3N3O5S/c1-35-18-8-11-20-21(14-18)29-30-31(23(20)32)13-12-22(24(33)34)37-19-9-4-16(5-10-19)15-2-6-17(7-3-15)36-25(26,27)28/h2-11,14,22H,12-13H2,1H3,(H,33,34). The number of methoxy groups -OCH3 is 1. The van der Waals surface area contributed by atoms with E-state index >= 15 is 0 Å². The van der Waals surface area contributed by atoms with Gasteiger partial charge in [-0.2, -0.15) is 0 Å². The molecule has 0 spiro atoms. The van der Waals surface area contributed by atoms with Crippen LogP contribution in [0.3, 0.4) is 0 Å². The second kappa shape index (κ2) is 10.9. The number of nitrogens with zero attached hydrogens (tertiary/aromatic N) is 3. The highest BCUT2D eigenvalue weighted by Gasteiger charge is 2.31. The van der Waals surface area contributed by atoms with Crippen LogP contribution in [0.25, 0.3) is 22.0 Å². The van der Waals surface area contributed by atoms with E-state index in [1.807, 2.05) is 0 Å². The lowest BCUT2D eigenvalue weighted by atomic mass is 10.1. The van der Waals surface area contributed by atoms with E-state index in [1.54, 1.807) is 42.5 Å². The summed E-state index contributed by atoms with van der Waals surface area (Å²) in [7, 11) is 1.50. The molecular formula is C25H20F3N3O5S. The van der Waals surface area contributed by atoms with Gasteiger partial charge in [-0.1, -0.05) is 29.5 Å². The summed E-state index contributed by atoms with van der Waals surface area (Å²) in [5, 5.41) is 17.1. The number of benzene rings is 3. The quantitative estimate of drug-likeness (QED) is 0.301. The van der Waals surface area contributed by atoms with Crippen molar-refractivity contribution in [3.63, 3.8) is 0 Å². The molecule has 3 aromatic carbocycles. The molecule has 0 saturated carbocycles. The number of hydrogen-bond donors (Lipinski definition) is 1. The second-order valence-corrected chi connectivity index (χ2v) is 9.11. The average molecular weight is 532 g/mol. The lowest BCUT2D eigenvalue weighted by Crippen LogP contribution is -2.27. The summed E-state index contributed by atoms with van der Waals surface area (Å²) < 4.78 is 47.1. The molecule has 1 unspecified atom stereocenters. The van der Waals surface area contributed by atoms with Gasteiger partial charge in [-0.05, 0) is 53.9 Å². The van der Waals surface area contributed by atoms with Gasteiger partial charge in [0.2, 0.25) is 0 Å². The van der Waals surface area contributed by atoms with Crippen molar-refractivity contribution in [1.29, 1.82) is 0 Å². The summed E-state index contributed by atoms with van der Waals surface area (Å²) in [5.41, 5.74) is 1.42. The number of thioether (sulfide) groups is 1. The number of carbonyl (C=O) groups is 1. The molecule has 0 saturated heterocycles. The number of aryl methyl sites for hydroxylation is 1. The van der Waals surface area contributed by atoms with Crippen LogP contribution in [0.15, 0.2) is 76.4 Å². The maximum atomic E-state index is 12.7. The molecule has 1 N–H and O–H groups in total. The van der Waals surface area contributed by atoms with Crippen molar-refractivity contribution >= 4 is 28.6 Å². The van der Waals surface area contributed by atoms with Crippen LogP contribution in [0.4, 0.5) is 13.2 Å². The highest BCUT2D eigenvalue weighted by atomic mass is 32.2. The van der Waals surface area contributed by atoms with E-state index in [0.29, 0.717) is 27.1 Å². The highest BCUT2D eigenvalue weighted by Crippen LogP contribution is 2.30. The molecule has 0 amide bonds. The Hall–Kier alpha value is -4.06. The van der Waals surface area contributed by atoms with E-state index in [1.165, 1.54) is 31.4 Å². The van der Waals surface area contributed by atoms with Gasteiger partial charge in [-0.25, -0.2) is 4.68 Å². The first-order valence-electron chi connectivity index (χ1n) is 10.9. The molecule has 1 atom stereocenters. The van der Waals surface area contributed by atoms with E-state index in [4.69, 9.17) is 4.74 Å². The number of alkyl halides is 3. The van der Waals surface area contributed by atoms with Crippen LogP contribution in [0.1, 0.15) is 6.42 Å². The number of aromatic nitrogens is 3. The zero-order chi connectivity index (χ0) is 26.6. The average Bonchev–Trinajstić information content (AvgIpc) is 2.87. The Labute approximate surface area is 212 Å². The largest absolute Gasteiger partial charge is 0.573 e. The maximum absolute atomic E-state index is 12.7. The van der Waals surface area contributed by atoms with Crippen molar-refractivity contribution in [1.82, 2.24) is 15.0 Å². The number of fused-ring (bicyclic) bond motifs is 1. The van der Waals surface area contributed by atoms with E-state index in [-0.39, 0.29) is 24.3 Å². The molecule has 0 fully saturated rings. The third-order valence-corrected chi connectivity index (χ3v) is 6.63. The topological polar surface area (TPSA) is 104 Å². The molecule has 12 heteroatoms. The molecule has 0 aliphatic heterocycles. The Morgan fingerprint density at radius 1 is 1.03 bits per heavy atom. The van der Waals surface area contributed by atoms with E-state index in [0.717, 1.165) is 22.0 Å². The lowest BCUT2D eigenvalue weighted by molar-refractivity contribution is -0.274. The Balaban J connectivity index is 1.42. The zero-order valence-corrected chi connectivity index (χ0v) is 20.1. The fraction of sp³-hybridized carbons (Fsp3) is 0.200. The molecule has 8 nitrogen and oxygen atoms in total. The van der Waals surface area contributed by atoms with Gasteiger partial charge in [0.05, 0.1) is 12.5 Å². The van der Waals surface area contributed by atoms with Gasteiger partial charge in [0, 0.05) is 17.5 Å². The normalized spacial score (nSPS) is 12.3. The first-order chi connectivity index (χ1) is 17.6. The Morgan fingerprint density at radius 2 is 1.65 bits per heavy atom. The Bertz CT molecular complexity index is 1460. The van der Waals surface area contributed by atoms with Gasteiger partial charge >= 0.3 is 12.3 Å². The second-order valence-electron chi connectivity index (χ2n) is 7.83. The van der Waals surface area contributed by atoms with Crippen molar-refractivity contribution in [2.75, 3.05) is 7.11 Å². The minimum Gasteiger partial charge on any atom is -0.497 e. The molecule has 1 heterocycles. The molecule has 0 radical (unpaired) electrons. The third-order valence-electron chi connectivity index (χ3n) is 5.36. The van der Waals surface area contributed by atoms with Crippen LogP contribution >= 0.6 is 11.8 Å². The van der Waals surface area contributed by atoms with Crippen molar-refractivity contribution in [2.24, 2.45) is 0 Å². The maximum Gasteiger partial charge on any atom is 0.573 e. The number of hydrogen-bond acceptors (Lipinski definition) is 7. The molecular weight excluding hydrogens is 511 g/mol. The van der Waals surface area contributed by atoms with Crippen molar-refractivity contribution < 1.29 is 32.5 Å². The Kier molecular flexibility index (Phi) is 7.67. The zero-order valence-electron chi connectivity index (χ0n) is 19.3. The lowest BCUT2D eigenvalue weighted by Gasteiger charge is -2.13. The van der Waals surface area contributed by atoms with Gasteiger partial charge in [-0.15, -0.1) is 30.0 Å². The first kappa shape index (κ1) is 26.0. The molecule has 1 aromatic heterocycles. The fourth-order valence-electron chi connectivity index (χ4n) is 3.54. The number of ether oxygens (including phenoxy) is 2. The minimum atomic E-state index is -4.76. The van der Waals surface area contributed by atoms with Crippen LogP contribution in [0.2, 0.25) is 0 Å². The highest BCUT2D eigenvalue weighted by molar-refractivity contribution is 8.00. The van der Waals surface area contributed by atoms with Crippen LogP contribution in [0.5, 0.6) is 11.5 Å². The van der Waals surface area contributed by atoms with Gasteiger partial charge in [0.15, 0.2) is 0 Å². The summed E-state index contributed by atoms with van der Waals surface area (Å²) >= 11 is 1.12. The SMILES string of the molecule is COc1ccc2c(=O)n(CCC(Sc3ccc(-c4ccc(OC(F)(F)F)cc4)cc3)C(=O)O)nnc2c1. The van der Waals surface area contributed by atoms with Crippen molar-refractivity contribution in [2.45, 2.75) is 29.5 Å². The van der Waals surface area contributed by atoms with Crippen LogP contribution in [-0.2, 0) is 11.3 Å². The fourth-order valence-corrected chi connectivity index (χ4v) is 4.49. The minimum absolute atomic E-state index is 0.0577. The summed E-state index contributed by atoms with van der Waals surface area (Å²) in [4.78, 5) is 25.3. The predicted octanol–water partition coefficient (Wildman–Crippen LogP) is 5.00. The van der Waals surface area contributed by atoms with E-state index in [9.17, 15) is 27.9 Å². The van der Waals surface area contributed by atoms with Crippen LogP contribution in [-0.4, -0.2) is 44.8 Å². The molecule has 4 aromatic rings. The number of rotatable bonds is 9. The van der Waals surface area contributed by atoms with Crippen LogP contribution in [0, 0.1) is 0 Å². The van der Waals surface area contributed by atoms with Crippen molar-refractivity contribution in [3.8, 4) is 22.6 Å². The number of carboxylic acids is 1. The number of halogens is 3. The first-order valence-corrected chi connectivity index (χ1v) is 11.8. The summed E-state index contributed by atoms with van der Waals surface area (Å²) in [5.74, 6) is -0.816. The van der Waals surface area contributed by atoms with Gasteiger partial charge in [0.25, 0.3) is 5.56 Å². The molecule has 192 valence electrons. The predicted molar refractivity (Wildman–Crippen MR) is 131 cm³/mol. The van der Waals surface area contributed by atoms with Crippen LogP contribution < -0.4 is 15.0 Å². The Morgan fingerprint density at radius 3 is 2.24 bits per heavy atom. The third kappa shape index (κ3) is 6.58.